The second-order valence-corrected chi connectivity index (χ2v) is 8.19. The molecular formula is C22H20F2N4O2. The molecule has 0 bridgehead atoms. The predicted molar refractivity (Wildman–Crippen MR) is 108 cm³/mol. The van der Waals surface area contributed by atoms with Gasteiger partial charge in [0.2, 0.25) is 5.91 Å². The molecule has 8 heteroatoms. The Morgan fingerprint density at radius 2 is 2.00 bits per heavy atom. The lowest BCUT2D eigenvalue weighted by Crippen LogP contribution is -2.24. The normalized spacial score (nSPS) is 20.4. The van der Waals surface area contributed by atoms with E-state index >= 15 is 0 Å². The molecule has 0 saturated heterocycles. The minimum absolute atomic E-state index is 0.232. The summed E-state index contributed by atoms with van der Waals surface area (Å²) < 4.78 is 28.9. The summed E-state index contributed by atoms with van der Waals surface area (Å²) >= 11 is 0. The third-order valence-electron chi connectivity index (χ3n) is 5.86. The predicted octanol–water partition coefficient (Wildman–Crippen LogP) is 3.61. The molecular weight excluding hydrogens is 390 g/mol. The van der Waals surface area contributed by atoms with Crippen molar-refractivity contribution in [2.45, 2.75) is 38.9 Å². The first-order valence-electron chi connectivity index (χ1n) is 10.0. The minimum atomic E-state index is -1.09. The van der Waals surface area contributed by atoms with Crippen molar-refractivity contribution in [3.05, 3.63) is 52.5 Å². The lowest BCUT2D eigenvalue weighted by atomic mass is 10.0. The highest BCUT2D eigenvalue weighted by molar-refractivity contribution is 5.95. The van der Waals surface area contributed by atoms with Gasteiger partial charge in [-0.25, -0.2) is 13.8 Å². The van der Waals surface area contributed by atoms with E-state index in [1.165, 1.54) is 6.20 Å². The maximum absolute atomic E-state index is 14.1. The van der Waals surface area contributed by atoms with E-state index in [0.29, 0.717) is 40.1 Å². The van der Waals surface area contributed by atoms with Gasteiger partial charge in [-0.1, -0.05) is 0 Å². The number of nitrogens with one attached hydrogen (secondary N) is 1. The second-order valence-electron chi connectivity index (χ2n) is 8.19. The van der Waals surface area contributed by atoms with Crippen LogP contribution in [-0.4, -0.2) is 26.6 Å². The van der Waals surface area contributed by atoms with Crippen molar-refractivity contribution in [1.82, 2.24) is 14.5 Å². The molecule has 2 unspecified atom stereocenters. The number of aromatic nitrogens is 3. The van der Waals surface area contributed by atoms with Gasteiger partial charge in [0.1, 0.15) is 17.8 Å². The molecule has 6 nitrogen and oxygen atoms in total. The van der Waals surface area contributed by atoms with Gasteiger partial charge >= 0.3 is 0 Å². The molecule has 2 aliphatic rings. The lowest BCUT2D eigenvalue weighted by molar-refractivity contribution is -0.117. The van der Waals surface area contributed by atoms with Crippen LogP contribution < -0.4 is 10.9 Å². The number of anilines is 1. The number of fused-ring (bicyclic) bond motifs is 1. The Labute approximate surface area is 171 Å². The standard InChI is InChI=1S/C22H20F2N4O2/c1-11-16(8-25-9-18(11)24)14-4-13-7-26-20(27-21(29)15-5-17(15)23)6-19(13)28(22(14)30)10-12-2-3-12/h4,6-9,12,15,17H,2-3,5,10H2,1H3,(H,26,27,29). The Morgan fingerprint density at radius 3 is 2.70 bits per heavy atom. The quantitative estimate of drug-likeness (QED) is 0.697. The summed E-state index contributed by atoms with van der Waals surface area (Å²) in [5, 5.41) is 3.34. The van der Waals surface area contributed by atoms with Gasteiger partial charge in [0.15, 0.2) is 0 Å². The summed E-state index contributed by atoms with van der Waals surface area (Å²) in [5.41, 5.74) is 1.58. The zero-order valence-corrected chi connectivity index (χ0v) is 16.4. The SMILES string of the molecule is Cc1c(F)cncc1-c1cc2cnc(NC(=O)C3CC3F)cc2n(CC2CC2)c1=O. The number of rotatable bonds is 5. The van der Waals surface area contributed by atoms with Gasteiger partial charge < -0.3 is 9.88 Å². The first-order valence-corrected chi connectivity index (χ1v) is 10.0. The molecule has 2 fully saturated rings. The molecule has 0 radical (unpaired) electrons. The number of hydrogen-bond donors (Lipinski definition) is 1. The number of nitrogens with zero attached hydrogens (tertiary/aromatic N) is 3. The van der Waals surface area contributed by atoms with Crippen molar-refractivity contribution in [3.63, 3.8) is 0 Å². The zero-order valence-electron chi connectivity index (χ0n) is 16.4. The number of alkyl halides is 1. The molecule has 5 rings (SSSR count). The molecule has 3 aromatic rings. The third-order valence-corrected chi connectivity index (χ3v) is 5.86. The van der Waals surface area contributed by atoms with Gasteiger partial charge in [-0.2, -0.15) is 0 Å². The zero-order chi connectivity index (χ0) is 21.0. The molecule has 2 atom stereocenters. The van der Waals surface area contributed by atoms with Crippen LogP contribution in [0.5, 0.6) is 0 Å². The molecule has 1 amide bonds. The number of amides is 1. The van der Waals surface area contributed by atoms with Crippen molar-refractivity contribution < 1.29 is 13.6 Å². The Hall–Kier alpha value is -3.16. The van der Waals surface area contributed by atoms with Gasteiger partial charge in [-0.15, -0.1) is 0 Å². The van der Waals surface area contributed by atoms with E-state index in [1.54, 1.807) is 29.8 Å². The Kier molecular flexibility index (Phi) is 4.38. The van der Waals surface area contributed by atoms with E-state index in [0.717, 1.165) is 19.0 Å². The smallest absolute Gasteiger partial charge is 0.259 e. The highest BCUT2D eigenvalue weighted by Crippen LogP contribution is 2.35. The molecule has 154 valence electrons. The van der Waals surface area contributed by atoms with Crippen LogP contribution in [-0.2, 0) is 11.3 Å². The van der Waals surface area contributed by atoms with Crippen molar-refractivity contribution in [2.75, 3.05) is 5.32 Å². The third kappa shape index (κ3) is 3.36. The molecule has 0 aliphatic heterocycles. The molecule has 0 aromatic carbocycles. The van der Waals surface area contributed by atoms with E-state index in [4.69, 9.17) is 0 Å². The number of hydrogen-bond acceptors (Lipinski definition) is 4. The number of pyridine rings is 3. The maximum atomic E-state index is 14.1. The van der Waals surface area contributed by atoms with E-state index in [2.05, 4.69) is 15.3 Å². The number of halogens is 2. The van der Waals surface area contributed by atoms with Crippen LogP contribution in [0.25, 0.3) is 22.0 Å². The van der Waals surface area contributed by atoms with Crippen molar-refractivity contribution in [2.24, 2.45) is 11.8 Å². The largest absolute Gasteiger partial charge is 0.310 e. The first kappa shape index (κ1) is 18.8. The van der Waals surface area contributed by atoms with Crippen LogP contribution in [0.15, 0.2) is 35.5 Å². The summed E-state index contributed by atoms with van der Waals surface area (Å²) in [6.07, 6.45) is 5.42. The molecule has 30 heavy (non-hydrogen) atoms. The Morgan fingerprint density at radius 1 is 1.23 bits per heavy atom. The lowest BCUT2D eigenvalue weighted by Gasteiger charge is -2.15. The summed E-state index contributed by atoms with van der Waals surface area (Å²) in [6, 6.07) is 3.33. The van der Waals surface area contributed by atoms with Gasteiger partial charge in [-0.05, 0) is 43.7 Å². The summed E-state index contributed by atoms with van der Waals surface area (Å²) in [6.45, 7) is 2.16. The maximum Gasteiger partial charge on any atom is 0.259 e. The van der Waals surface area contributed by atoms with E-state index in [9.17, 15) is 18.4 Å². The van der Waals surface area contributed by atoms with Crippen molar-refractivity contribution in [3.8, 4) is 11.1 Å². The van der Waals surface area contributed by atoms with Crippen LogP contribution in [0.2, 0.25) is 0 Å². The molecule has 1 N–H and O–H groups in total. The van der Waals surface area contributed by atoms with Gasteiger partial charge in [0.25, 0.3) is 5.56 Å². The molecule has 0 spiro atoms. The monoisotopic (exact) mass is 410 g/mol. The van der Waals surface area contributed by atoms with Gasteiger partial charge in [-0.3, -0.25) is 14.6 Å². The van der Waals surface area contributed by atoms with Gasteiger partial charge in [0, 0.05) is 41.5 Å². The fourth-order valence-corrected chi connectivity index (χ4v) is 3.70. The molecule has 3 aromatic heterocycles. The highest BCUT2D eigenvalue weighted by atomic mass is 19.1. The number of carbonyl (C=O) groups excluding carboxylic acids is 1. The molecule has 2 saturated carbocycles. The topological polar surface area (TPSA) is 76.9 Å². The Bertz CT molecular complexity index is 1240. The van der Waals surface area contributed by atoms with E-state index < -0.39 is 23.8 Å². The summed E-state index contributed by atoms with van der Waals surface area (Å²) in [5.74, 6) is -0.793. The van der Waals surface area contributed by atoms with Gasteiger partial charge in [0.05, 0.1) is 17.6 Å². The second kappa shape index (κ2) is 6.97. The molecule has 2 aliphatic carbocycles. The van der Waals surface area contributed by atoms with Crippen LogP contribution in [0.3, 0.4) is 0 Å². The average Bonchev–Trinajstić information content (AvgIpc) is 3.64. The van der Waals surface area contributed by atoms with Crippen molar-refractivity contribution >= 4 is 22.6 Å². The van der Waals surface area contributed by atoms with Crippen LogP contribution in [0, 0.1) is 24.6 Å². The van der Waals surface area contributed by atoms with Crippen LogP contribution in [0.1, 0.15) is 24.8 Å². The number of carbonyl (C=O) groups is 1. The Balaban J connectivity index is 1.62. The summed E-state index contributed by atoms with van der Waals surface area (Å²) in [7, 11) is 0. The highest BCUT2D eigenvalue weighted by Gasteiger charge is 2.43. The molecule has 3 heterocycles. The first-order chi connectivity index (χ1) is 14.4. The van der Waals surface area contributed by atoms with E-state index in [1.807, 2.05) is 0 Å². The summed E-state index contributed by atoms with van der Waals surface area (Å²) in [4.78, 5) is 33.6. The van der Waals surface area contributed by atoms with Crippen LogP contribution in [0.4, 0.5) is 14.6 Å². The average molecular weight is 410 g/mol. The van der Waals surface area contributed by atoms with Crippen molar-refractivity contribution in [1.29, 1.82) is 0 Å². The minimum Gasteiger partial charge on any atom is -0.310 e. The fourth-order valence-electron chi connectivity index (χ4n) is 3.70. The van der Waals surface area contributed by atoms with E-state index in [-0.39, 0.29) is 17.8 Å². The van der Waals surface area contributed by atoms with Crippen LogP contribution >= 0.6 is 0 Å². The fraction of sp³-hybridized carbons (Fsp3) is 0.364.